The minimum absolute atomic E-state index is 0.0434. The molecule has 0 fully saturated rings. The van der Waals surface area contributed by atoms with Crippen LogP contribution in [-0.4, -0.2) is 13.0 Å². The largest absolute Gasteiger partial charge is 0.497 e. The number of anilines is 1. The third-order valence-electron chi connectivity index (χ3n) is 4.33. The molecule has 0 aromatic heterocycles. The van der Waals surface area contributed by atoms with E-state index in [4.69, 9.17) is 16.3 Å². The van der Waals surface area contributed by atoms with Gasteiger partial charge in [-0.25, -0.2) is 0 Å². The first-order valence-electron chi connectivity index (χ1n) is 7.31. The van der Waals surface area contributed by atoms with Gasteiger partial charge in [0.15, 0.2) is 0 Å². The number of ether oxygens (including phenoxy) is 1. The van der Waals surface area contributed by atoms with Gasteiger partial charge in [-0.1, -0.05) is 30.7 Å². The van der Waals surface area contributed by atoms with Crippen molar-refractivity contribution >= 4 is 23.2 Å². The van der Waals surface area contributed by atoms with Crippen LogP contribution in [0.5, 0.6) is 5.75 Å². The molecule has 114 valence electrons. The summed E-state index contributed by atoms with van der Waals surface area (Å²) in [5, 5.41) is 3.69. The monoisotopic (exact) mass is 315 g/mol. The summed E-state index contributed by atoms with van der Waals surface area (Å²) < 4.78 is 5.20. The number of halogens is 1. The number of carbonyl (C=O) groups is 1. The second-order valence-electron chi connectivity index (χ2n) is 5.66. The Hall–Kier alpha value is -2.00. The molecule has 1 amide bonds. The third-order valence-corrected chi connectivity index (χ3v) is 4.56. The van der Waals surface area contributed by atoms with Crippen molar-refractivity contribution < 1.29 is 9.53 Å². The van der Waals surface area contributed by atoms with Crippen LogP contribution >= 0.6 is 11.6 Å². The van der Waals surface area contributed by atoms with Crippen molar-refractivity contribution in [1.82, 2.24) is 0 Å². The molecule has 1 aliphatic heterocycles. The molecule has 0 radical (unpaired) electrons. The average Bonchev–Trinajstić information content (AvgIpc) is 2.65. The van der Waals surface area contributed by atoms with Crippen LogP contribution < -0.4 is 10.1 Å². The van der Waals surface area contributed by atoms with Crippen LogP contribution in [0.2, 0.25) is 5.02 Å². The Balaban J connectivity index is 2.00. The van der Waals surface area contributed by atoms with Crippen LogP contribution in [0, 0.1) is 5.92 Å². The number of methoxy groups -OCH3 is 1. The van der Waals surface area contributed by atoms with Crippen LogP contribution in [0.25, 0.3) is 0 Å². The van der Waals surface area contributed by atoms with Crippen molar-refractivity contribution in [2.24, 2.45) is 5.92 Å². The molecular formula is C18H18ClNO2. The molecule has 22 heavy (non-hydrogen) atoms. The second-order valence-corrected chi connectivity index (χ2v) is 6.10. The molecule has 0 saturated heterocycles. The van der Waals surface area contributed by atoms with Gasteiger partial charge in [0, 0.05) is 16.6 Å². The highest BCUT2D eigenvalue weighted by atomic mass is 35.5. The standard InChI is InChI=1S/C18H18ClNO2/c1-11-16(12-3-6-15(22-2)7-4-12)10-13-9-14(19)5-8-17(13)20-18(11)21/h3-9,11,16H,10H2,1-2H3,(H,20,21)/t11-,16-/m1/s1. The van der Waals surface area contributed by atoms with Gasteiger partial charge in [0.25, 0.3) is 0 Å². The summed E-state index contributed by atoms with van der Waals surface area (Å²) in [6, 6.07) is 13.5. The Labute approximate surface area is 135 Å². The molecule has 1 aliphatic rings. The first-order valence-corrected chi connectivity index (χ1v) is 7.69. The first-order chi connectivity index (χ1) is 10.6. The summed E-state index contributed by atoms with van der Waals surface area (Å²) in [6.45, 7) is 1.97. The van der Waals surface area contributed by atoms with Crippen molar-refractivity contribution in [3.05, 3.63) is 58.6 Å². The number of rotatable bonds is 2. The van der Waals surface area contributed by atoms with Crippen LogP contribution in [0.1, 0.15) is 24.0 Å². The Morgan fingerprint density at radius 3 is 2.59 bits per heavy atom. The van der Waals surface area contributed by atoms with Gasteiger partial charge in [-0.3, -0.25) is 4.79 Å². The summed E-state index contributed by atoms with van der Waals surface area (Å²) in [5.74, 6) is 0.866. The van der Waals surface area contributed by atoms with E-state index in [1.54, 1.807) is 13.2 Å². The van der Waals surface area contributed by atoms with Gasteiger partial charge in [0.05, 0.1) is 7.11 Å². The Morgan fingerprint density at radius 1 is 1.18 bits per heavy atom. The molecule has 3 nitrogen and oxygen atoms in total. The van der Waals surface area contributed by atoms with E-state index in [-0.39, 0.29) is 17.7 Å². The molecule has 0 saturated carbocycles. The van der Waals surface area contributed by atoms with Crippen LogP contribution in [0.4, 0.5) is 5.69 Å². The predicted octanol–water partition coefficient (Wildman–Crippen LogP) is 4.26. The molecule has 0 spiro atoms. The van der Waals surface area contributed by atoms with E-state index in [0.29, 0.717) is 5.02 Å². The van der Waals surface area contributed by atoms with Crippen LogP contribution in [-0.2, 0) is 11.2 Å². The van der Waals surface area contributed by atoms with Crippen molar-refractivity contribution in [1.29, 1.82) is 0 Å². The summed E-state index contributed by atoms with van der Waals surface area (Å²) in [5.41, 5.74) is 3.07. The van der Waals surface area contributed by atoms with E-state index >= 15 is 0 Å². The highest BCUT2D eigenvalue weighted by Crippen LogP contribution is 2.36. The van der Waals surface area contributed by atoms with E-state index in [1.807, 2.05) is 43.3 Å². The lowest BCUT2D eigenvalue weighted by Crippen LogP contribution is -2.24. The number of carbonyl (C=O) groups excluding carboxylic acids is 1. The maximum absolute atomic E-state index is 12.4. The minimum atomic E-state index is -0.112. The Morgan fingerprint density at radius 2 is 1.91 bits per heavy atom. The fraction of sp³-hybridized carbons (Fsp3) is 0.278. The minimum Gasteiger partial charge on any atom is -0.497 e. The Kier molecular flexibility index (Phi) is 4.08. The molecule has 3 rings (SSSR count). The highest BCUT2D eigenvalue weighted by Gasteiger charge is 2.30. The van der Waals surface area contributed by atoms with E-state index < -0.39 is 0 Å². The zero-order valence-corrected chi connectivity index (χ0v) is 13.4. The van der Waals surface area contributed by atoms with Crippen LogP contribution in [0.3, 0.4) is 0 Å². The molecule has 0 bridgehead atoms. The maximum Gasteiger partial charge on any atom is 0.227 e. The first kappa shape index (κ1) is 14.9. The van der Waals surface area contributed by atoms with Gasteiger partial charge in [0.2, 0.25) is 5.91 Å². The molecular weight excluding hydrogens is 298 g/mol. The fourth-order valence-corrected chi connectivity index (χ4v) is 3.15. The molecule has 0 aliphatic carbocycles. The number of benzene rings is 2. The van der Waals surface area contributed by atoms with E-state index in [9.17, 15) is 4.79 Å². The van der Waals surface area contributed by atoms with E-state index in [2.05, 4.69) is 5.32 Å². The summed E-state index contributed by atoms with van der Waals surface area (Å²) in [7, 11) is 1.65. The second kappa shape index (κ2) is 6.01. The van der Waals surface area contributed by atoms with Crippen molar-refractivity contribution in [2.75, 3.05) is 12.4 Å². The Bertz CT molecular complexity index is 697. The summed E-state index contributed by atoms with van der Waals surface area (Å²) in [4.78, 5) is 12.4. The third kappa shape index (κ3) is 2.81. The zero-order valence-electron chi connectivity index (χ0n) is 12.6. The number of amides is 1. The smallest absolute Gasteiger partial charge is 0.227 e. The average molecular weight is 316 g/mol. The van der Waals surface area contributed by atoms with Crippen molar-refractivity contribution in [3.8, 4) is 5.75 Å². The van der Waals surface area contributed by atoms with E-state index in [1.165, 1.54) is 0 Å². The van der Waals surface area contributed by atoms with Gasteiger partial charge >= 0.3 is 0 Å². The normalized spacial score (nSPS) is 20.8. The fourth-order valence-electron chi connectivity index (χ4n) is 2.95. The number of hydrogen-bond donors (Lipinski definition) is 1. The zero-order chi connectivity index (χ0) is 15.7. The molecule has 0 unspecified atom stereocenters. The lowest BCUT2D eigenvalue weighted by molar-refractivity contribution is -0.119. The number of fused-ring (bicyclic) bond motifs is 1. The van der Waals surface area contributed by atoms with E-state index in [0.717, 1.165) is 29.0 Å². The van der Waals surface area contributed by atoms with Gasteiger partial charge < -0.3 is 10.1 Å². The van der Waals surface area contributed by atoms with Gasteiger partial charge in [-0.05, 0) is 53.8 Å². The number of nitrogens with one attached hydrogen (secondary N) is 1. The lowest BCUT2D eigenvalue weighted by atomic mass is 9.83. The van der Waals surface area contributed by atoms with Crippen molar-refractivity contribution in [2.45, 2.75) is 19.3 Å². The predicted molar refractivity (Wildman–Crippen MR) is 88.7 cm³/mol. The quantitative estimate of drug-likeness (QED) is 0.899. The molecule has 2 aromatic rings. The van der Waals surface area contributed by atoms with Crippen molar-refractivity contribution in [3.63, 3.8) is 0 Å². The highest BCUT2D eigenvalue weighted by molar-refractivity contribution is 6.30. The topological polar surface area (TPSA) is 38.3 Å². The molecule has 1 heterocycles. The SMILES string of the molecule is COc1ccc([C@@H]2Cc3cc(Cl)ccc3NC(=O)[C@@H]2C)cc1. The molecule has 2 atom stereocenters. The summed E-state index contributed by atoms with van der Waals surface area (Å²) in [6.07, 6.45) is 0.780. The number of hydrogen-bond acceptors (Lipinski definition) is 2. The van der Waals surface area contributed by atoms with Gasteiger partial charge in [-0.15, -0.1) is 0 Å². The molecule has 2 aromatic carbocycles. The molecule has 1 N–H and O–H groups in total. The molecule has 4 heteroatoms. The maximum atomic E-state index is 12.4. The summed E-state index contributed by atoms with van der Waals surface area (Å²) >= 11 is 6.11. The lowest BCUT2D eigenvalue weighted by Gasteiger charge is -2.20. The van der Waals surface area contributed by atoms with Gasteiger partial charge in [0.1, 0.15) is 5.75 Å². The van der Waals surface area contributed by atoms with Gasteiger partial charge in [-0.2, -0.15) is 0 Å². The van der Waals surface area contributed by atoms with Crippen LogP contribution in [0.15, 0.2) is 42.5 Å².